The zero-order valence-corrected chi connectivity index (χ0v) is 22.4. The van der Waals surface area contributed by atoms with Crippen molar-refractivity contribution in [1.82, 2.24) is 4.90 Å². The number of unbranched alkanes of at least 4 members (excludes halogenated alkanes) is 2. The standard InChI is InChI=1S/C33H44FNO/c1-4-6-7-8-24-9-11-27(12-10-24)29-19-22-31(32(34)23-29)28-15-13-25(14-16-28)26-17-20-30(21-18-26)35(3)33(36)5-2/h5,13-16,19,22-24,26-27,30H,2,4,6-12,17-18,20-21H2,1,3H3. The predicted molar refractivity (Wildman–Crippen MR) is 149 cm³/mol. The molecule has 2 aromatic carbocycles. The zero-order valence-electron chi connectivity index (χ0n) is 22.4. The van der Waals surface area contributed by atoms with Crippen molar-refractivity contribution in [3.63, 3.8) is 0 Å². The molecule has 2 aromatic rings. The quantitative estimate of drug-likeness (QED) is 0.254. The van der Waals surface area contributed by atoms with Gasteiger partial charge < -0.3 is 4.90 Å². The molecule has 2 fully saturated rings. The van der Waals surface area contributed by atoms with Gasteiger partial charge in [0.1, 0.15) is 5.82 Å². The lowest BCUT2D eigenvalue weighted by Gasteiger charge is -2.34. The second kappa shape index (κ2) is 12.7. The highest BCUT2D eigenvalue weighted by molar-refractivity contribution is 5.87. The van der Waals surface area contributed by atoms with E-state index in [0.717, 1.165) is 37.2 Å². The summed E-state index contributed by atoms with van der Waals surface area (Å²) in [4.78, 5) is 13.7. The molecule has 1 amide bonds. The third kappa shape index (κ3) is 6.47. The van der Waals surface area contributed by atoms with E-state index < -0.39 is 0 Å². The molecule has 36 heavy (non-hydrogen) atoms. The normalized spacial score (nSPS) is 24.3. The van der Waals surface area contributed by atoms with Crippen LogP contribution in [0.4, 0.5) is 4.39 Å². The third-order valence-electron chi connectivity index (χ3n) is 8.99. The van der Waals surface area contributed by atoms with Crippen molar-refractivity contribution in [3.8, 4) is 11.1 Å². The predicted octanol–water partition coefficient (Wildman–Crippen LogP) is 9.02. The van der Waals surface area contributed by atoms with E-state index >= 15 is 4.39 Å². The summed E-state index contributed by atoms with van der Waals surface area (Å²) in [5.74, 6) is 1.80. The first-order chi connectivity index (χ1) is 17.5. The fourth-order valence-electron chi connectivity index (χ4n) is 6.54. The lowest BCUT2D eigenvalue weighted by molar-refractivity contribution is -0.127. The van der Waals surface area contributed by atoms with Crippen molar-refractivity contribution in [2.45, 2.75) is 102 Å². The first kappa shape index (κ1) is 26.6. The van der Waals surface area contributed by atoms with Crippen molar-refractivity contribution >= 4 is 5.91 Å². The average molecular weight is 490 g/mol. The van der Waals surface area contributed by atoms with E-state index in [0.29, 0.717) is 23.4 Å². The van der Waals surface area contributed by atoms with E-state index in [1.54, 1.807) is 6.07 Å². The van der Waals surface area contributed by atoms with Crippen LogP contribution in [0.15, 0.2) is 55.1 Å². The second-order valence-corrected chi connectivity index (χ2v) is 11.2. The fourth-order valence-corrected chi connectivity index (χ4v) is 6.54. The molecule has 2 aliphatic carbocycles. The molecule has 0 aromatic heterocycles. The van der Waals surface area contributed by atoms with Crippen LogP contribution in [0.2, 0.25) is 0 Å². The van der Waals surface area contributed by atoms with Crippen molar-refractivity contribution in [3.05, 3.63) is 72.1 Å². The molecule has 0 heterocycles. The lowest BCUT2D eigenvalue weighted by atomic mass is 9.77. The fraction of sp³-hybridized carbons (Fsp3) is 0.545. The van der Waals surface area contributed by atoms with Crippen LogP contribution in [0.1, 0.15) is 107 Å². The van der Waals surface area contributed by atoms with E-state index in [1.807, 2.05) is 18.0 Å². The van der Waals surface area contributed by atoms with Gasteiger partial charge in [0, 0.05) is 18.7 Å². The summed E-state index contributed by atoms with van der Waals surface area (Å²) in [6.45, 7) is 5.87. The molecule has 0 unspecified atom stereocenters. The van der Waals surface area contributed by atoms with Crippen LogP contribution in [-0.2, 0) is 4.79 Å². The Balaban J connectivity index is 1.33. The molecule has 0 N–H and O–H groups in total. The molecule has 3 heteroatoms. The summed E-state index contributed by atoms with van der Waals surface area (Å²) in [6.07, 6.45) is 15.9. The summed E-state index contributed by atoms with van der Waals surface area (Å²) in [5, 5.41) is 0. The van der Waals surface area contributed by atoms with Gasteiger partial charge in [0.15, 0.2) is 0 Å². The Bertz CT molecular complexity index is 997. The number of hydrogen-bond donors (Lipinski definition) is 0. The number of nitrogens with zero attached hydrogens (tertiary/aromatic N) is 1. The number of benzene rings is 2. The Morgan fingerprint density at radius 2 is 1.53 bits per heavy atom. The highest BCUT2D eigenvalue weighted by Crippen LogP contribution is 2.39. The smallest absolute Gasteiger partial charge is 0.245 e. The van der Waals surface area contributed by atoms with Crippen LogP contribution in [0.25, 0.3) is 11.1 Å². The number of hydrogen-bond acceptors (Lipinski definition) is 1. The SMILES string of the molecule is C=CC(=O)N(C)C1CCC(c2ccc(-c3ccc(C4CCC(CCCCC)CC4)cc3F)cc2)CC1. The number of carbonyl (C=O) groups excluding carboxylic acids is 1. The largest absolute Gasteiger partial charge is 0.339 e. The first-order valence-corrected chi connectivity index (χ1v) is 14.3. The topological polar surface area (TPSA) is 20.3 Å². The molecule has 0 atom stereocenters. The van der Waals surface area contributed by atoms with E-state index in [-0.39, 0.29) is 11.7 Å². The monoisotopic (exact) mass is 489 g/mol. The van der Waals surface area contributed by atoms with Crippen molar-refractivity contribution in [1.29, 1.82) is 0 Å². The van der Waals surface area contributed by atoms with Gasteiger partial charge in [-0.2, -0.15) is 0 Å². The second-order valence-electron chi connectivity index (χ2n) is 11.2. The Labute approximate surface area is 218 Å². The summed E-state index contributed by atoms with van der Waals surface area (Å²) < 4.78 is 15.2. The highest BCUT2D eigenvalue weighted by atomic mass is 19.1. The van der Waals surface area contributed by atoms with Crippen molar-refractivity contribution < 1.29 is 9.18 Å². The third-order valence-corrected chi connectivity index (χ3v) is 8.99. The Morgan fingerprint density at radius 3 is 2.14 bits per heavy atom. The van der Waals surface area contributed by atoms with Gasteiger partial charge in [0.05, 0.1) is 0 Å². The molecule has 0 aliphatic heterocycles. The van der Waals surface area contributed by atoms with Gasteiger partial charge >= 0.3 is 0 Å². The number of amides is 1. The molecule has 0 spiro atoms. The molecule has 2 aliphatic rings. The van der Waals surface area contributed by atoms with Gasteiger partial charge in [0.2, 0.25) is 5.91 Å². The van der Waals surface area contributed by atoms with Crippen molar-refractivity contribution in [2.75, 3.05) is 7.05 Å². The van der Waals surface area contributed by atoms with Gasteiger partial charge in [-0.15, -0.1) is 0 Å². The highest BCUT2D eigenvalue weighted by Gasteiger charge is 2.27. The summed E-state index contributed by atoms with van der Waals surface area (Å²) >= 11 is 0. The molecule has 4 rings (SSSR count). The Hall–Kier alpha value is -2.42. The van der Waals surface area contributed by atoms with Gasteiger partial charge in [-0.05, 0) is 98.0 Å². The van der Waals surface area contributed by atoms with E-state index in [9.17, 15) is 4.79 Å². The van der Waals surface area contributed by atoms with Crippen LogP contribution < -0.4 is 0 Å². The maximum Gasteiger partial charge on any atom is 0.245 e. The van der Waals surface area contributed by atoms with Gasteiger partial charge in [-0.25, -0.2) is 4.39 Å². The van der Waals surface area contributed by atoms with Gasteiger partial charge in [0.25, 0.3) is 0 Å². The van der Waals surface area contributed by atoms with E-state index in [1.165, 1.54) is 68.6 Å². The van der Waals surface area contributed by atoms with Gasteiger partial charge in [-0.1, -0.05) is 75.6 Å². The molecular weight excluding hydrogens is 445 g/mol. The molecule has 0 bridgehead atoms. The molecule has 194 valence electrons. The minimum atomic E-state index is -0.0965. The van der Waals surface area contributed by atoms with Crippen LogP contribution in [0.3, 0.4) is 0 Å². The summed E-state index contributed by atoms with van der Waals surface area (Å²) in [6, 6.07) is 14.8. The van der Waals surface area contributed by atoms with Crippen LogP contribution in [-0.4, -0.2) is 23.9 Å². The van der Waals surface area contributed by atoms with Crippen LogP contribution in [0, 0.1) is 11.7 Å². The maximum atomic E-state index is 15.2. The minimum absolute atomic E-state index is 0.00550. The Morgan fingerprint density at radius 1 is 0.917 bits per heavy atom. The van der Waals surface area contributed by atoms with E-state index in [4.69, 9.17) is 0 Å². The van der Waals surface area contributed by atoms with Crippen LogP contribution in [0.5, 0.6) is 0 Å². The number of rotatable bonds is 9. The average Bonchev–Trinajstić information content (AvgIpc) is 2.93. The van der Waals surface area contributed by atoms with Crippen molar-refractivity contribution in [2.24, 2.45) is 5.92 Å². The molecule has 0 radical (unpaired) electrons. The van der Waals surface area contributed by atoms with Gasteiger partial charge in [-0.3, -0.25) is 4.79 Å². The first-order valence-electron chi connectivity index (χ1n) is 14.3. The molecular formula is C33H44FNO. The molecule has 0 saturated heterocycles. The number of halogens is 1. The molecule has 2 nitrogen and oxygen atoms in total. The van der Waals surface area contributed by atoms with E-state index in [2.05, 4.69) is 43.8 Å². The summed E-state index contributed by atoms with van der Waals surface area (Å²) in [5.41, 5.74) is 4.15. The summed E-state index contributed by atoms with van der Waals surface area (Å²) in [7, 11) is 1.88. The maximum absolute atomic E-state index is 15.2. The number of likely N-dealkylation sites (N-methyl/N-ethyl adjacent to an activating group) is 1. The zero-order chi connectivity index (χ0) is 25.5. The number of carbonyl (C=O) groups is 1. The lowest BCUT2D eigenvalue weighted by Crippen LogP contribution is -2.38. The molecule has 2 saturated carbocycles. The minimum Gasteiger partial charge on any atom is -0.339 e. The van der Waals surface area contributed by atoms with Crippen LogP contribution >= 0.6 is 0 Å². The Kier molecular flexibility index (Phi) is 9.40.